The number of halogens is 1. The van der Waals surface area contributed by atoms with E-state index in [1.807, 2.05) is 0 Å². The Bertz CT molecular complexity index is 436. The summed E-state index contributed by atoms with van der Waals surface area (Å²) in [4.78, 5) is 10.1. The third-order valence-electron chi connectivity index (χ3n) is 3.19. The molecule has 0 aliphatic carbocycles. The van der Waals surface area contributed by atoms with E-state index in [1.165, 1.54) is 25.3 Å². The van der Waals surface area contributed by atoms with E-state index in [2.05, 4.69) is 19.2 Å². The Morgan fingerprint density at radius 2 is 1.95 bits per heavy atom. The van der Waals surface area contributed by atoms with Crippen molar-refractivity contribution < 1.29 is 9.31 Å². The molecule has 0 bridgehead atoms. The van der Waals surface area contributed by atoms with Crippen molar-refractivity contribution in [3.8, 4) is 0 Å². The molecule has 1 rings (SSSR count). The molecule has 0 unspecified atom stereocenters. The Morgan fingerprint density at radius 1 is 1.25 bits per heavy atom. The van der Waals surface area contributed by atoms with Crippen molar-refractivity contribution in [2.75, 3.05) is 11.9 Å². The first-order valence-corrected chi connectivity index (χ1v) is 7.19. The van der Waals surface area contributed by atoms with Crippen LogP contribution in [-0.2, 0) is 0 Å². The summed E-state index contributed by atoms with van der Waals surface area (Å²) in [7, 11) is 0. The Kier molecular flexibility index (Phi) is 6.98. The smallest absolute Gasteiger partial charge is 0.327 e. The average Bonchev–Trinajstić information content (AvgIpc) is 2.36. The molecule has 0 heterocycles. The van der Waals surface area contributed by atoms with E-state index in [-0.39, 0.29) is 5.69 Å². The van der Waals surface area contributed by atoms with E-state index in [4.69, 9.17) is 0 Å². The summed E-state index contributed by atoms with van der Waals surface area (Å²) in [6.45, 7) is 5.06. The summed E-state index contributed by atoms with van der Waals surface area (Å²) in [6, 6.07) is 4.13. The molecule has 0 aliphatic rings. The molecule has 0 aromatic heterocycles. The molecule has 112 valence electrons. The number of hydrogen-bond donors (Lipinski definition) is 1. The molecule has 0 atom stereocenters. The number of nitro groups is 1. The van der Waals surface area contributed by atoms with E-state index in [0.717, 1.165) is 24.8 Å². The molecular weight excluding hydrogens is 259 g/mol. The molecule has 5 heteroatoms. The van der Waals surface area contributed by atoms with Gasteiger partial charge in [0.1, 0.15) is 5.69 Å². The highest BCUT2D eigenvalue weighted by Gasteiger charge is 2.18. The van der Waals surface area contributed by atoms with Gasteiger partial charge in [-0.05, 0) is 24.5 Å². The number of benzene rings is 1. The standard InChI is InChI=1S/C15H23FN2O2/c1-12(2)8-5-3-4-6-11-17-14-10-7-9-13(16)15(14)18(19)20/h7,9-10,12,17H,3-6,8,11H2,1-2H3. The van der Waals surface area contributed by atoms with Crippen LogP contribution in [0.25, 0.3) is 0 Å². The van der Waals surface area contributed by atoms with E-state index < -0.39 is 16.4 Å². The molecule has 0 saturated carbocycles. The SMILES string of the molecule is CC(C)CCCCCCNc1cccc(F)c1[N+](=O)[O-]. The Labute approximate surface area is 119 Å². The lowest BCUT2D eigenvalue weighted by molar-refractivity contribution is -0.386. The van der Waals surface area contributed by atoms with Gasteiger partial charge in [0.2, 0.25) is 5.82 Å². The van der Waals surface area contributed by atoms with Gasteiger partial charge < -0.3 is 5.32 Å². The fourth-order valence-corrected chi connectivity index (χ4v) is 2.10. The minimum Gasteiger partial charge on any atom is -0.379 e. The van der Waals surface area contributed by atoms with Gasteiger partial charge in [-0.1, -0.05) is 45.6 Å². The lowest BCUT2D eigenvalue weighted by Crippen LogP contribution is -2.05. The highest BCUT2D eigenvalue weighted by atomic mass is 19.1. The first-order chi connectivity index (χ1) is 9.52. The Balaban J connectivity index is 2.32. The molecule has 4 nitrogen and oxygen atoms in total. The van der Waals surface area contributed by atoms with Crippen molar-refractivity contribution in [2.45, 2.75) is 46.0 Å². The van der Waals surface area contributed by atoms with E-state index in [0.29, 0.717) is 6.54 Å². The predicted molar refractivity (Wildman–Crippen MR) is 79.5 cm³/mol. The number of anilines is 1. The van der Waals surface area contributed by atoms with Crippen LogP contribution in [0.4, 0.5) is 15.8 Å². The van der Waals surface area contributed by atoms with Crippen molar-refractivity contribution in [2.24, 2.45) is 5.92 Å². The lowest BCUT2D eigenvalue weighted by Gasteiger charge is -2.08. The van der Waals surface area contributed by atoms with E-state index >= 15 is 0 Å². The first kappa shape index (κ1) is 16.4. The summed E-state index contributed by atoms with van der Waals surface area (Å²) < 4.78 is 13.4. The number of nitrogens with one attached hydrogen (secondary N) is 1. The van der Waals surface area contributed by atoms with E-state index in [1.54, 1.807) is 6.07 Å². The number of nitrogens with zero attached hydrogens (tertiary/aromatic N) is 1. The van der Waals surface area contributed by atoms with Crippen molar-refractivity contribution in [3.63, 3.8) is 0 Å². The fourth-order valence-electron chi connectivity index (χ4n) is 2.10. The third kappa shape index (κ3) is 5.55. The zero-order valence-electron chi connectivity index (χ0n) is 12.2. The number of rotatable bonds is 9. The molecule has 1 aromatic carbocycles. The molecule has 0 radical (unpaired) electrons. The number of para-hydroxylation sites is 1. The summed E-state index contributed by atoms with van der Waals surface area (Å²) in [5, 5.41) is 13.8. The quantitative estimate of drug-likeness (QED) is 0.404. The van der Waals surface area contributed by atoms with Gasteiger partial charge in [-0.15, -0.1) is 0 Å². The molecule has 0 spiro atoms. The largest absolute Gasteiger partial charge is 0.379 e. The van der Waals surface area contributed by atoms with Crippen LogP contribution in [0, 0.1) is 21.8 Å². The van der Waals surface area contributed by atoms with Gasteiger partial charge in [0, 0.05) is 6.54 Å². The second-order valence-corrected chi connectivity index (χ2v) is 5.42. The topological polar surface area (TPSA) is 55.2 Å². The summed E-state index contributed by atoms with van der Waals surface area (Å²) in [5.74, 6) is -0.0556. The van der Waals surface area contributed by atoms with Crippen LogP contribution in [0.2, 0.25) is 0 Å². The van der Waals surface area contributed by atoms with Crippen LogP contribution in [-0.4, -0.2) is 11.5 Å². The average molecular weight is 282 g/mol. The molecule has 20 heavy (non-hydrogen) atoms. The molecule has 0 aliphatic heterocycles. The summed E-state index contributed by atoms with van der Waals surface area (Å²) in [5.41, 5.74) is -0.204. The zero-order valence-corrected chi connectivity index (χ0v) is 12.2. The maximum absolute atomic E-state index is 13.4. The van der Waals surface area contributed by atoms with Gasteiger partial charge in [0.05, 0.1) is 4.92 Å². The van der Waals surface area contributed by atoms with Crippen LogP contribution in [0.5, 0.6) is 0 Å². The van der Waals surface area contributed by atoms with Crippen LogP contribution in [0.15, 0.2) is 18.2 Å². The molecule has 0 amide bonds. The predicted octanol–water partition coefficient (Wildman–Crippen LogP) is 4.75. The summed E-state index contributed by atoms with van der Waals surface area (Å²) in [6.07, 6.45) is 5.65. The monoisotopic (exact) mass is 282 g/mol. The fraction of sp³-hybridized carbons (Fsp3) is 0.600. The van der Waals surface area contributed by atoms with Gasteiger partial charge in [-0.2, -0.15) is 4.39 Å². The van der Waals surface area contributed by atoms with Gasteiger partial charge in [0.25, 0.3) is 0 Å². The molecule has 0 saturated heterocycles. The van der Waals surface area contributed by atoms with Crippen LogP contribution >= 0.6 is 0 Å². The highest BCUT2D eigenvalue weighted by Crippen LogP contribution is 2.27. The lowest BCUT2D eigenvalue weighted by atomic mass is 10.0. The van der Waals surface area contributed by atoms with E-state index in [9.17, 15) is 14.5 Å². The van der Waals surface area contributed by atoms with Gasteiger partial charge in [0.15, 0.2) is 0 Å². The van der Waals surface area contributed by atoms with Crippen molar-refractivity contribution in [1.29, 1.82) is 0 Å². The van der Waals surface area contributed by atoms with Gasteiger partial charge in [-0.25, -0.2) is 0 Å². The van der Waals surface area contributed by atoms with Crippen LogP contribution in [0.3, 0.4) is 0 Å². The molecule has 1 aromatic rings. The van der Waals surface area contributed by atoms with Crippen molar-refractivity contribution in [3.05, 3.63) is 34.1 Å². The highest BCUT2D eigenvalue weighted by molar-refractivity contribution is 5.61. The number of unbranched alkanes of at least 4 members (excludes halogenated alkanes) is 3. The number of nitro benzene ring substituents is 1. The number of hydrogen-bond acceptors (Lipinski definition) is 3. The Morgan fingerprint density at radius 3 is 2.60 bits per heavy atom. The molecular formula is C15H23FN2O2. The second kappa shape index (κ2) is 8.51. The maximum atomic E-state index is 13.4. The van der Waals surface area contributed by atoms with Crippen LogP contribution < -0.4 is 5.32 Å². The maximum Gasteiger partial charge on any atom is 0.327 e. The molecule has 0 fully saturated rings. The normalized spacial score (nSPS) is 10.8. The summed E-state index contributed by atoms with van der Waals surface area (Å²) >= 11 is 0. The second-order valence-electron chi connectivity index (χ2n) is 5.42. The minimum atomic E-state index is -0.795. The van der Waals surface area contributed by atoms with Gasteiger partial charge in [-0.3, -0.25) is 10.1 Å². The van der Waals surface area contributed by atoms with Gasteiger partial charge >= 0.3 is 5.69 Å². The van der Waals surface area contributed by atoms with Crippen molar-refractivity contribution >= 4 is 11.4 Å². The minimum absolute atomic E-state index is 0.261. The third-order valence-corrected chi connectivity index (χ3v) is 3.19. The first-order valence-electron chi connectivity index (χ1n) is 7.19. The van der Waals surface area contributed by atoms with Crippen molar-refractivity contribution in [1.82, 2.24) is 0 Å². The molecule has 1 N–H and O–H groups in total. The Hall–Kier alpha value is -1.65. The zero-order chi connectivity index (χ0) is 15.0. The van der Waals surface area contributed by atoms with Crippen LogP contribution in [0.1, 0.15) is 46.0 Å².